The quantitative estimate of drug-likeness (QED) is 0.303. The number of carbonyl (C=O) groups excluding carboxylic acids is 1. The second-order valence-electron chi connectivity index (χ2n) is 6.73. The van der Waals surface area contributed by atoms with Gasteiger partial charge in [0, 0.05) is 6.08 Å². The molecule has 0 saturated heterocycles. The topological polar surface area (TPSA) is 78.9 Å². The fraction of sp³-hybridized carbons (Fsp3) is 0.786. The molecule has 130 valence electrons. The van der Waals surface area contributed by atoms with E-state index >= 15 is 0 Å². The molecule has 0 spiro atoms. The zero-order valence-corrected chi connectivity index (χ0v) is 16.5. The second-order valence-corrected chi connectivity index (χ2v) is 13.1. The van der Waals surface area contributed by atoms with Crippen LogP contribution in [0.15, 0.2) is 12.2 Å². The van der Waals surface area contributed by atoms with Gasteiger partial charge in [-0.2, -0.15) is 8.42 Å². The Morgan fingerprint density at radius 1 is 1.23 bits per heavy atom. The van der Waals surface area contributed by atoms with Gasteiger partial charge in [-0.05, 0) is 31.1 Å². The first-order valence-electron chi connectivity index (χ1n) is 7.02. The van der Waals surface area contributed by atoms with Gasteiger partial charge >= 0.3 is 5.97 Å². The highest BCUT2D eigenvalue weighted by Crippen LogP contribution is 2.37. The third kappa shape index (κ3) is 7.53. The summed E-state index contributed by atoms with van der Waals surface area (Å²) in [5.41, 5.74) is 0. The van der Waals surface area contributed by atoms with Crippen molar-refractivity contribution in [3.63, 3.8) is 0 Å². The Kier molecular flexibility index (Phi) is 7.47. The minimum atomic E-state index is -3.68. The van der Waals surface area contributed by atoms with E-state index in [1.807, 2.05) is 0 Å². The van der Waals surface area contributed by atoms with Crippen molar-refractivity contribution in [2.45, 2.75) is 58.0 Å². The first kappa shape index (κ1) is 21.3. The van der Waals surface area contributed by atoms with Crippen LogP contribution in [0.25, 0.3) is 0 Å². The molecule has 0 N–H and O–H groups in total. The van der Waals surface area contributed by atoms with Gasteiger partial charge in [-0.15, -0.1) is 0 Å². The molecule has 0 bridgehead atoms. The van der Waals surface area contributed by atoms with E-state index in [1.54, 1.807) is 6.92 Å². The summed E-state index contributed by atoms with van der Waals surface area (Å²) in [6.07, 6.45) is 2.05. The number of methoxy groups -OCH3 is 1. The van der Waals surface area contributed by atoms with E-state index in [-0.39, 0.29) is 5.04 Å². The van der Waals surface area contributed by atoms with Crippen molar-refractivity contribution < 1.29 is 26.6 Å². The Morgan fingerprint density at radius 3 is 2.09 bits per heavy atom. The van der Waals surface area contributed by atoms with Crippen LogP contribution in [0, 0.1) is 0 Å². The zero-order valence-electron chi connectivity index (χ0n) is 14.7. The molecular formula is C14H28O6SSi. The van der Waals surface area contributed by atoms with Gasteiger partial charge < -0.3 is 9.16 Å². The number of ether oxygens (including phenoxy) is 1. The molecule has 0 fully saturated rings. The summed E-state index contributed by atoms with van der Waals surface area (Å²) in [5, 5.41) is -0.0248. The van der Waals surface area contributed by atoms with Crippen LogP contribution in [-0.4, -0.2) is 48.3 Å². The Labute approximate surface area is 135 Å². The fourth-order valence-corrected chi connectivity index (χ4v) is 3.46. The lowest BCUT2D eigenvalue weighted by Crippen LogP contribution is -2.46. The van der Waals surface area contributed by atoms with E-state index in [0.29, 0.717) is 0 Å². The predicted molar refractivity (Wildman–Crippen MR) is 88.6 cm³/mol. The predicted octanol–water partition coefficient (Wildman–Crippen LogP) is 2.47. The maximum atomic E-state index is 11.4. The summed E-state index contributed by atoms with van der Waals surface area (Å²) in [6, 6.07) is 0. The van der Waals surface area contributed by atoms with E-state index in [2.05, 4.69) is 38.6 Å². The summed E-state index contributed by atoms with van der Waals surface area (Å²) < 4.78 is 38.5. The Bertz CT molecular complexity index is 504. The van der Waals surface area contributed by atoms with E-state index in [1.165, 1.54) is 13.2 Å². The zero-order chi connectivity index (χ0) is 17.8. The van der Waals surface area contributed by atoms with Gasteiger partial charge in [0.05, 0.1) is 19.5 Å². The van der Waals surface area contributed by atoms with Gasteiger partial charge in [-0.3, -0.25) is 4.18 Å². The summed E-state index contributed by atoms with van der Waals surface area (Å²) >= 11 is 0. The molecule has 0 aliphatic carbocycles. The Hall–Kier alpha value is -0.703. The molecule has 0 aromatic heterocycles. The van der Waals surface area contributed by atoms with Crippen molar-refractivity contribution in [3.8, 4) is 0 Å². The van der Waals surface area contributed by atoms with Gasteiger partial charge in [-0.1, -0.05) is 20.8 Å². The maximum absolute atomic E-state index is 11.4. The minimum Gasteiger partial charge on any atom is -0.466 e. The van der Waals surface area contributed by atoms with Gasteiger partial charge in [0.1, 0.15) is 6.10 Å². The molecular weight excluding hydrogens is 324 g/mol. The molecule has 8 heteroatoms. The molecule has 0 aliphatic rings. The number of esters is 1. The summed E-state index contributed by atoms with van der Waals surface area (Å²) in [6.45, 7) is 12.1. The lowest BCUT2D eigenvalue weighted by atomic mass is 10.2. The molecule has 0 unspecified atom stereocenters. The van der Waals surface area contributed by atoms with Crippen LogP contribution in [0.1, 0.15) is 27.7 Å². The maximum Gasteiger partial charge on any atom is 0.330 e. The molecule has 6 nitrogen and oxygen atoms in total. The molecule has 0 aromatic carbocycles. The Morgan fingerprint density at radius 2 is 1.73 bits per heavy atom. The van der Waals surface area contributed by atoms with Crippen molar-refractivity contribution >= 4 is 24.4 Å². The van der Waals surface area contributed by atoms with Crippen LogP contribution in [0.5, 0.6) is 0 Å². The van der Waals surface area contributed by atoms with Crippen molar-refractivity contribution in [3.05, 3.63) is 12.2 Å². The third-order valence-corrected chi connectivity index (χ3v) is 8.80. The van der Waals surface area contributed by atoms with Crippen LogP contribution in [0.4, 0.5) is 0 Å². The number of rotatable bonds is 7. The van der Waals surface area contributed by atoms with E-state index in [9.17, 15) is 13.2 Å². The monoisotopic (exact) mass is 352 g/mol. The third-order valence-electron chi connectivity index (χ3n) is 3.66. The standard InChI is InChI=1S/C14H28O6SSi/c1-11(20-22(7,8)14(2,3)4)12(19-21(6,16)17)9-10-13(15)18-5/h9-12H,1-8H3/b10-9+/t11-,12+/m1/s1. The largest absolute Gasteiger partial charge is 0.466 e. The summed E-state index contributed by atoms with van der Waals surface area (Å²) in [4.78, 5) is 11.2. The van der Waals surface area contributed by atoms with Crippen molar-refractivity contribution in [2.75, 3.05) is 13.4 Å². The molecule has 0 aromatic rings. The highest BCUT2D eigenvalue weighted by molar-refractivity contribution is 7.86. The minimum absolute atomic E-state index is 0.0248. The van der Waals surface area contributed by atoms with E-state index in [0.717, 1.165) is 12.3 Å². The lowest BCUT2D eigenvalue weighted by molar-refractivity contribution is -0.134. The molecule has 0 aliphatic heterocycles. The molecule has 0 radical (unpaired) electrons. The van der Waals surface area contributed by atoms with Gasteiger partial charge in [0.15, 0.2) is 8.32 Å². The highest BCUT2D eigenvalue weighted by Gasteiger charge is 2.40. The molecule has 2 atom stereocenters. The molecule has 0 heterocycles. The second kappa shape index (κ2) is 7.72. The average molecular weight is 353 g/mol. The average Bonchev–Trinajstić information content (AvgIpc) is 2.30. The number of carbonyl (C=O) groups is 1. The summed E-state index contributed by atoms with van der Waals surface area (Å²) in [5.74, 6) is -0.582. The van der Waals surface area contributed by atoms with Crippen LogP contribution in [0.2, 0.25) is 18.1 Å². The van der Waals surface area contributed by atoms with Gasteiger partial charge in [0.25, 0.3) is 10.1 Å². The van der Waals surface area contributed by atoms with Crippen molar-refractivity contribution in [1.82, 2.24) is 0 Å². The normalized spacial score (nSPS) is 16.5. The first-order valence-corrected chi connectivity index (χ1v) is 11.7. The Balaban J connectivity index is 5.25. The fourth-order valence-electron chi connectivity index (χ4n) is 1.42. The smallest absolute Gasteiger partial charge is 0.330 e. The molecule has 0 saturated carbocycles. The van der Waals surface area contributed by atoms with Crippen LogP contribution >= 0.6 is 0 Å². The van der Waals surface area contributed by atoms with Crippen LogP contribution in [-0.2, 0) is 28.3 Å². The van der Waals surface area contributed by atoms with Crippen LogP contribution in [0.3, 0.4) is 0 Å². The van der Waals surface area contributed by atoms with Gasteiger partial charge in [-0.25, -0.2) is 4.79 Å². The SMILES string of the molecule is COC(=O)/C=C/[C@H](OS(C)(=O)=O)[C@@H](C)O[Si](C)(C)C(C)(C)C. The molecule has 0 rings (SSSR count). The highest BCUT2D eigenvalue weighted by atomic mass is 32.2. The van der Waals surface area contributed by atoms with E-state index < -0.39 is 36.6 Å². The number of hydrogen-bond donors (Lipinski definition) is 0. The summed E-state index contributed by atoms with van der Waals surface area (Å²) in [7, 11) is -4.53. The molecule has 22 heavy (non-hydrogen) atoms. The van der Waals surface area contributed by atoms with Crippen molar-refractivity contribution in [2.24, 2.45) is 0 Å². The van der Waals surface area contributed by atoms with E-state index in [4.69, 9.17) is 8.61 Å². The number of hydrogen-bond acceptors (Lipinski definition) is 6. The lowest BCUT2D eigenvalue weighted by Gasteiger charge is -2.39. The van der Waals surface area contributed by atoms with Gasteiger partial charge in [0.2, 0.25) is 0 Å². The first-order chi connectivity index (χ1) is 9.69. The van der Waals surface area contributed by atoms with Crippen LogP contribution < -0.4 is 0 Å². The molecule has 0 amide bonds. The van der Waals surface area contributed by atoms with Crippen molar-refractivity contribution in [1.29, 1.82) is 0 Å².